The van der Waals surface area contributed by atoms with Gasteiger partial charge in [-0.1, -0.05) is 13.0 Å². The summed E-state index contributed by atoms with van der Waals surface area (Å²) < 4.78 is 65.7. The number of nitrogens with one attached hydrogen (secondary N) is 1. The first-order chi connectivity index (χ1) is 17.0. The summed E-state index contributed by atoms with van der Waals surface area (Å²) in [5.74, 6) is 0.422. The third-order valence-electron chi connectivity index (χ3n) is 5.81. The van der Waals surface area contributed by atoms with Crippen molar-refractivity contribution in [3.05, 3.63) is 69.9 Å². The zero-order valence-corrected chi connectivity index (χ0v) is 19.3. The van der Waals surface area contributed by atoms with E-state index >= 15 is 0 Å². The van der Waals surface area contributed by atoms with Gasteiger partial charge in [0.15, 0.2) is 11.5 Å². The molecule has 0 aliphatic rings. The van der Waals surface area contributed by atoms with E-state index in [0.29, 0.717) is 12.0 Å². The summed E-state index contributed by atoms with van der Waals surface area (Å²) in [7, 11) is 1.65. The second-order valence-corrected chi connectivity index (χ2v) is 8.08. The Hall–Kier alpha value is -3.97. The molecule has 0 saturated heterocycles. The van der Waals surface area contributed by atoms with Crippen LogP contribution in [0.4, 0.5) is 27.9 Å². The zero-order valence-electron chi connectivity index (χ0n) is 19.3. The maximum atomic E-state index is 12.9. The van der Waals surface area contributed by atoms with Gasteiger partial charge in [-0.3, -0.25) is 14.8 Å². The van der Waals surface area contributed by atoms with Crippen molar-refractivity contribution in [1.29, 1.82) is 0 Å². The van der Waals surface area contributed by atoms with E-state index in [9.17, 15) is 26.7 Å². The molecule has 0 radical (unpaired) electrons. The first-order valence-corrected chi connectivity index (χ1v) is 10.8. The van der Waals surface area contributed by atoms with Crippen molar-refractivity contribution in [2.75, 3.05) is 11.9 Å². The van der Waals surface area contributed by atoms with Crippen LogP contribution in [0, 0.1) is 0 Å². The molecule has 9 nitrogen and oxygen atoms in total. The van der Waals surface area contributed by atoms with Crippen molar-refractivity contribution in [3.8, 4) is 0 Å². The lowest BCUT2D eigenvalue weighted by Crippen LogP contribution is -2.29. The molecule has 0 fully saturated rings. The minimum absolute atomic E-state index is 0.153. The number of aromatic amines is 1. The summed E-state index contributed by atoms with van der Waals surface area (Å²) in [6.45, 7) is 3.53. The van der Waals surface area contributed by atoms with Gasteiger partial charge in [-0.2, -0.15) is 23.3 Å². The molecule has 4 aromatic rings. The molecule has 0 amide bonds. The molecule has 2 unspecified atom stereocenters. The van der Waals surface area contributed by atoms with Crippen LogP contribution < -0.4 is 10.5 Å². The summed E-state index contributed by atoms with van der Waals surface area (Å²) in [4.78, 5) is 33.2. The largest absolute Gasteiger partial charge is 0.433 e. The van der Waals surface area contributed by atoms with Crippen molar-refractivity contribution in [2.24, 2.45) is 0 Å². The number of alkyl halides is 5. The van der Waals surface area contributed by atoms with Crippen molar-refractivity contribution in [3.63, 3.8) is 0 Å². The molecule has 36 heavy (non-hydrogen) atoms. The van der Waals surface area contributed by atoms with Gasteiger partial charge in [0.05, 0.1) is 23.8 Å². The van der Waals surface area contributed by atoms with Crippen LogP contribution in [0.1, 0.15) is 61.4 Å². The minimum atomic E-state index is -4.56. The third-order valence-corrected chi connectivity index (χ3v) is 5.81. The standard InChI is InChI=1S/C22H21F5N8O/c1-4-15(18-29-8-13(9-30-18)17(23)24)34(3)21-32-19-14(20(36)33-21)10-31-35(19)11(2)12-5-6-16(28-7-12)22(25,26)27/h5-11,15,17H,4H2,1-3H3,(H,32,33,36). The lowest BCUT2D eigenvalue weighted by Gasteiger charge is -2.26. The molecule has 0 bridgehead atoms. The van der Waals surface area contributed by atoms with Crippen LogP contribution in [0.25, 0.3) is 11.0 Å². The first-order valence-electron chi connectivity index (χ1n) is 10.8. The van der Waals surface area contributed by atoms with E-state index in [2.05, 4.69) is 30.0 Å². The fraction of sp³-hybridized carbons (Fsp3) is 0.364. The number of hydrogen-bond acceptors (Lipinski definition) is 7. The molecule has 0 aromatic carbocycles. The molecule has 2 atom stereocenters. The molecule has 0 aliphatic heterocycles. The monoisotopic (exact) mass is 508 g/mol. The van der Waals surface area contributed by atoms with Crippen LogP contribution in [-0.4, -0.2) is 41.7 Å². The third kappa shape index (κ3) is 4.75. The van der Waals surface area contributed by atoms with Crippen LogP contribution in [0.15, 0.2) is 41.7 Å². The number of rotatable bonds is 7. The molecule has 14 heteroatoms. The average Bonchev–Trinajstić information content (AvgIpc) is 3.28. The van der Waals surface area contributed by atoms with Gasteiger partial charge in [-0.15, -0.1) is 0 Å². The zero-order chi connectivity index (χ0) is 26.2. The first kappa shape index (κ1) is 25.1. The second-order valence-electron chi connectivity index (χ2n) is 8.08. The molecule has 0 saturated carbocycles. The number of H-pyrrole nitrogens is 1. The quantitative estimate of drug-likeness (QED) is 0.368. The van der Waals surface area contributed by atoms with E-state index in [4.69, 9.17) is 0 Å². The van der Waals surface area contributed by atoms with Gasteiger partial charge >= 0.3 is 6.18 Å². The van der Waals surface area contributed by atoms with Gasteiger partial charge in [0.2, 0.25) is 5.95 Å². The topological polar surface area (TPSA) is 105 Å². The van der Waals surface area contributed by atoms with Gasteiger partial charge in [0, 0.05) is 25.6 Å². The summed E-state index contributed by atoms with van der Waals surface area (Å²) in [6.07, 6.45) is -2.25. The maximum absolute atomic E-state index is 12.9. The van der Waals surface area contributed by atoms with Crippen molar-refractivity contribution in [1.82, 2.24) is 34.7 Å². The normalized spacial score (nSPS) is 13.8. The highest BCUT2D eigenvalue weighted by Crippen LogP contribution is 2.29. The lowest BCUT2D eigenvalue weighted by atomic mass is 10.1. The van der Waals surface area contributed by atoms with Crippen LogP contribution >= 0.6 is 0 Å². The van der Waals surface area contributed by atoms with Gasteiger partial charge in [0.25, 0.3) is 12.0 Å². The van der Waals surface area contributed by atoms with Crippen LogP contribution in [0.5, 0.6) is 0 Å². The van der Waals surface area contributed by atoms with Gasteiger partial charge in [-0.05, 0) is 25.0 Å². The molecule has 4 rings (SSSR count). The van der Waals surface area contributed by atoms with E-state index in [0.717, 1.165) is 24.7 Å². The fourth-order valence-electron chi connectivity index (χ4n) is 3.75. The second kappa shape index (κ2) is 9.59. The number of aromatic nitrogens is 7. The molecule has 190 valence electrons. The molecular formula is C22H21F5N8O. The van der Waals surface area contributed by atoms with E-state index in [1.54, 1.807) is 18.9 Å². The Morgan fingerprint density at radius 1 is 1.06 bits per heavy atom. The van der Waals surface area contributed by atoms with E-state index < -0.39 is 35.9 Å². The summed E-state index contributed by atoms with van der Waals surface area (Å²) in [5.41, 5.74) is -1.16. The molecule has 4 heterocycles. The average molecular weight is 508 g/mol. The molecule has 1 N–H and O–H groups in total. The van der Waals surface area contributed by atoms with E-state index in [1.165, 1.54) is 16.9 Å². The highest BCUT2D eigenvalue weighted by atomic mass is 19.4. The SMILES string of the molecule is CCC(c1ncc(C(F)F)cn1)N(C)c1nc2c(cnn2C(C)c2ccc(C(F)(F)F)nc2)c(=O)[nH]1. The van der Waals surface area contributed by atoms with E-state index in [-0.39, 0.29) is 28.4 Å². The summed E-state index contributed by atoms with van der Waals surface area (Å²) in [6, 6.07) is 1.09. The highest BCUT2D eigenvalue weighted by molar-refractivity contribution is 5.74. The Morgan fingerprint density at radius 2 is 1.72 bits per heavy atom. The number of nitrogens with zero attached hydrogens (tertiary/aromatic N) is 7. The molecule has 0 spiro atoms. The predicted molar refractivity (Wildman–Crippen MR) is 120 cm³/mol. The van der Waals surface area contributed by atoms with Crippen LogP contribution in [-0.2, 0) is 6.18 Å². The van der Waals surface area contributed by atoms with Gasteiger partial charge < -0.3 is 4.90 Å². The Labute approximate surface area is 201 Å². The lowest BCUT2D eigenvalue weighted by molar-refractivity contribution is -0.141. The molecule has 0 aliphatic carbocycles. The van der Waals surface area contributed by atoms with Crippen LogP contribution in [0.3, 0.4) is 0 Å². The number of hydrogen-bond donors (Lipinski definition) is 1. The van der Waals surface area contributed by atoms with E-state index in [1.807, 2.05) is 6.92 Å². The van der Waals surface area contributed by atoms with Crippen molar-refractivity contribution >= 4 is 17.0 Å². The van der Waals surface area contributed by atoms with Crippen LogP contribution in [0.2, 0.25) is 0 Å². The predicted octanol–water partition coefficient (Wildman–Crippen LogP) is 4.46. The number of halogens is 5. The molecule has 4 aromatic heterocycles. The number of pyridine rings is 1. The summed E-state index contributed by atoms with van der Waals surface area (Å²) in [5, 5.41) is 4.41. The number of anilines is 1. The van der Waals surface area contributed by atoms with Gasteiger partial charge in [-0.25, -0.2) is 23.4 Å². The smallest absolute Gasteiger partial charge is 0.335 e. The van der Waals surface area contributed by atoms with Crippen molar-refractivity contribution in [2.45, 2.75) is 45.0 Å². The Bertz CT molecular complexity index is 1400. The fourth-order valence-corrected chi connectivity index (χ4v) is 3.75. The maximum Gasteiger partial charge on any atom is 0.433 e. The Morgan fingerprint density at radius 3 is 2.28 bits per heavy atom. The van der Waals surface area contributed by atoms with Gasteiger partial charge in [0.1, 0.15) is 11.1 Å². The summed E-state index contributed by atoms with van der Waals surface area (Å²) >= 11 is 0. The Kier molecular flexibility index (Phi) is 6.69. The minimum Gasteiger partial charge on any atom is -0.335 e. The highest BCUT2D eigenvalue weighted by Gasteiger charge is 2.32. The Balaban J connectivity index is 1.69. The van der Waals surface area contributed by atoms with Crippen molar-refractivity contribution < 1.29 is 22.0 Å². The number of fused-ring (bicyclic) bond motifs is 1. The molecular weight excluding hydrogens is 487 g/mol.